The van der Waals surface area contributed by atoms with E-state index in [0.717, 1.165) is 27.9 Å². The van der Waals surface area contributed by atoms with Crippen molar-refractivity contribution < 1.29 is 37.4 Å². The van der Waals surface area contributed by atoms with Crippen LogP contribution in [0.5, 0.6) is 5.75 Å². The van der Waals surface area contributed by atoms with Gasteiger partial charge in [-0.05, 0) is 67.4 Å². The minimum Gasteiger partial charge on any atom is -0.486 e. The number of halogens is 3. The van der Waals surface area contributed by atoms with Gasteiger partial charge in [-0.15, -0.1) is 0 Å². The van der Waals surface area contributed by atoms with Gasteiger partial charge in [0.05, 0.1) is 23.0 Å². The topological polar surface area (TPSA) is 125 Å². The first-order valence-corrected chi connectivity index (χ1v) is 13.2. The number of nitrogens with one attached hydrogen (secondary N) is 1. The van der Waals surface area contributed by atoms with Crippen molar-refractivity contribution >= 4 is 28.7 Å². The summed E-state index contributed by atoms with van der Waals surface area (Å²) in [5.74, 6) is -1.31. The quantitative estimate of drug-likeness (QED) is 0.320. The summed E-state index contributed by atoms with van der Waals surface area (Å²) in [6.45, 7) is 5.13. The SMILES string of the molecule is Cc1cc2c(cc1C)C(=O)CC1(CCN(C(=O)c3ccc4[nH]c(-c5ccccn5)nc4c3)CC1)O2.O=C(O)C(F)(F)F. The van der Waals surface area contributed by atoms with Crippen LogP contribution in [0.15, 0.2) is 54.7 Å². The number of aryl methyl sites for hydroxylation is 2. The number of piperidine rings is 1. The number of amides is 1. The van der Waals surface area contributed by atoms with E-state index in [0.29, 0.717) is 55.1 Å². The number of carboxylic acids is 1. The molecule has 2 aromatic carbocycles. The third-order valence-electron chi connectivity index (χ3n) is 7.55. The fraction of sp³-hybridized carbons (Fsp3) is 0.300. The molecule has 9 nitrogen and oxygen atoms in total. The number of aromatic amines is 1. The minimum absolute atomic E-state index is 0.0295. The number of alkyl halides is 3. The molecule has 4 aromatic rings. The highest BCUT2D eigenvalue weighted by atomic mass is 19.4. The number of imidazole rings is 1. The molecule has 2 N–H and O–H groups in total. The molecule has 1 amide bonds. The third kappa shape index (κ3) is 5.83. The van der Waals surface area contributed by atoms with Crippen LogP contribution in [0.25, 0.3) is 22.6 Å². The number of rotatable bonds is 2. The maximum absolute atomic E-state index is 13.3. The standard InChI is InChI=1S/C28H26N4O3.C2HF3O2/c1-17-13-20-24(33)16-28(35-25(20)14-18(17)2)8-11-32(12-9-28)27(34)19-6-7-21-23(15-19)31-26(30-21)22-5-3-4-10-29-22;3-2(4,5)1(6)7/h3-7,10,13-15H,8-9,11-12,16H2,1-2H3,(H,30,31);(H,6,7). The predicted octanol–water partition coefficient (Wildman–Crippen LogP) is 5.52. The molecule has 2 aliphatic rings. The van der Waals surface area contributed by atoms with Crippen LogP contribution in [0, 0.1) is 13.8 Å². The first-order valence-electron chi connectivity index (χ1n) is 13.2. The summed E-state index contributed by atoms with van der Waals surface area (Å²) in [7, 11) is 0. The molecule has 4 heterocycles. The molecule has 218 valence electrons. The van der Waals surface area contributed by atoms with Crippen molar-refractivity contribution in [1.82, 2.24) is 19.9 Å². The third-order valence-corrected chi connectivity index (χ3v) is 7.55. The van der Waals surface area contributed by atoms with Crippen LogP contribution in [0.1, 0.15) is 51.1 Å². The summed E-state index contributed by atoms with van der Waals surface area (Å²) < 4.78 is 38.2. The van der Waals surface area contributed by atoms with Crippen LogP contribution in [-0.4, -0.2) is 67.5 Å². The Bertz CT molecular complexity index is 1680. The fourth-order valence-corrected chi connectivity index (χ4v) is 5.09. The van der Waals surface area contributed by atoms with E-state index in [9.17, 15) is 22.8 Å². The monoisotopic (exact) mass is 580 g/mol. The number of carbonyl (C=O) groups is 3. The van der Waals surface area contributed by atoms with E-state index in [1.54, 1.807) is 6.20 Å². The Hall–Kier alpha value is -4.74. The number of benzene rings is 2. The minimum atomic E-state index is -5.08. The first-order chi connectivity index (χ1) is 19.8. The number of carbonyl (C=O) groups excluding carboxylic acids is 2. The first kappa shape index (κ1) is 28.8. The van der Waals surface area contributed by atoms with Crippen LogP contribution in [0.2, 0.25) is 0 Å². The number of nitrogens with zero attached hydrogens (tertiary/aromatic N) is 3. The molecule has 42 heavy (non-hydrogen) atoms. The van der Waals surface area contributed by atoms with Crippen molar-refractivity contribution in [3.8, 4) is 17.3 Å². The van der Waals surface area contributed by atoms with Gasteiger partial charge in [0, 0.05) is 37.7 Å². The van der Waals surface area contributed by atoms with Gasteiger partial charge < -0.3 is 19.7 Å². The predicted molar refractivity (Wildman–Crippen MR) is 146 cm³/mol. The number of ether oxygens (including phenoxy) is 1. The van der Waals surface area contributed by atoms with Crippen molar-refractivity contribution in [3.63, 3.8) is 0 Å². The number of pyridine rings is 1. The maximum Gasteiger partial charge on any atom is 0.490 e. The molecule has 0 unspecified atom stereocenters. The summed E-state index contributed by atoms with van der Waals surface area (Å²) in [6.07, 6.45) is -1.73. The normalized spacial score (nSPS) is 15.9. The van der Waals surface area contributed by atoms with Crippen molar-refractivity contribution in [2.45, 2.75) is 44.9 Å². The molecule has 2 aliphatic heterocycles. The Morgan fingerprint density at radius 2 is 1.74 bits per heavy atom. The molecule has 0 atom stereocenters. The number of hydrogen-bond donors (Lipinski definition) is 2. The lowest BCUT2D eigenvalue weighted by Crippen LogP contribution is -2.52. The van der Waals surface area contributed by atoms with Crippen LogP contribution < -0.4 is 4.74 Å². The van der Waals surface area contributed by atoms with Crippen LogP contribution >= 0.6 is 0 Å². The molecular weight excluding hydrogens is 553 g/mol. The molecule has 0 radical (unpaired) electrons. The van der Waals surface area contributed by atoms with E-state index in [4.69, 9.17) is 14.6 Å². The van der Waals surface area contributed by atoms with Crippen LogP contribution in [0.3, 0.4) is 0 Å². The molecular formula is C30H27F3N4O5. The van der Waals surface area contributed by atoms with E-state index in [1.165, 1.54) is 0 Å². The lowest BCUT2D eigenvalue weighted by atomic mass is 9.81. The molecule has 0 aliphatic carbocycles. The summed E-state index contributed by atoms with van der Waals surface area (Å²) in [5, 5.41) is 7.12. The van der Waals surface area contributed by atoms with Crippen molar-refractivity contribution in [2.75, 3.05) is 13.1 Å². The second kappa shape index (κ2) is 10.9. The number of Topliss-reactive ketones (excluding diaryl/α,β-unsaturated/α-hetero) is 1. The number of carboxylic acid groups (broad SMARTS) is 1. The molecule has 1 fully saturated rings. The second-order valence-electron chi connectivity index (χ2n) is 10.4. The Balaban J connectivity index is 0.000000451. The van der Waals surface area contributed by atoms with E-state index < -0.39 is 17.7 Å². The highest BCUT2D eigenvalue weighted by Crippen LogP contribution is 2.40. The summed E-state index contributed by atoms with van der Waals surface area (Å²) in [5.41, 5.74) is 5.30. The number of aliphatic carboxylic acids is 1. The Morgan fingerprint density at radius 1 is 1.05 bits per heavy atom. The van der Waals surface area contributed by atoms with Gasteiger partial charge in [0.1, 0.15) is 17.0 Å². The zero-order valence-corrected chi connectivity index (χ0v) is 22.8. The zero-order valence-electron chi connectivity index (χ0n) is 22.8. The second-order valence-corrected chi connectivity index (χ2v) is 10.4. The highest BCUT2D eigenvalue weighted by Gasteiger charge is 2.44. The van der Waals surface area contributed by atoms with E-state index in [-0.39, 0.29) is 11.7 Å². The van der Waals surface area contributed by atoms with Crippen molar-refractivity contribution in [3.05, 3.63) is 77.0 Å². The summed E-state index contributed by atoms with van der Waals surface area (Å²) in [6, 6.07) is 15.1. The van der Waals surface area contributed by atoms with Gasteiger partial charge in [0.2, 0.25) is 0 Å². The summed E-state index contributed by atoms with van der Waals surface area (Å²) in [4.78, 5) is 49.2. The van der Waals surface area contributed by atoms with Gasteiger partial charge in [-0.3, -0.25) is 14.6 Å². The van der Waals surface area contributed by atoms with Crippen molar-refractivity contribution in [1.29, 1.82) is 0 Å². The van der Waals surface area contributed by atoms with Gasteiger partial charge in [-0.25, -0.2) is 9.78 Å². The lowest BCUT2D eigenvalue weighted by molar-refractivity contribution is -0.192. The van der Waals surface area contributed by atoms with Gasteiger partial charge >= 0.3 is 12.1 Å². The van der Waals surface area contributed by atoms with E-state index >= 15 is 0 Å². The molecule has 1 saturated heterocycles. The molecule has 6 rings (SSSR count). The Labute approximate surface area is 238 Å². The van der Waals surface area contributed by atoms with E-state index in [2.05, 4.69) is 15.0 Å². The van der Waals surface area contributed by atoms with Gasteiger partial charge in [-0.2, -0.15) is 13.2 Å². The number of H-pyrrole nitrogens is 1. The number of hydrogen-bond acceptors (Lipinski definition) is 6. The number of aromatic nitrogens is 3. The maximum atomic E-state index is 13.3. The van der Waals surface area contributed by atoms with Gasteiger partial charge in [0.15, 0.2) is 11.6 Å². The number of likely N-dealkylation sites (tertiary alicyclic amines) is 1. The average molecular weight is 581 g/mol. The molecule has 1 spiro atoms. The van der Waals surface area contributed by atoms with Crippen LogP contribution in [0.4, 0.5) is 13.2 Å². The van der Waals surface area contributed by atoms with E-state index in [1.807, 2.05) is 67.3 Å². The van der Waals surface area contributed by atoms with Gasteiger partial charge in [0.25, 0.3) is 5.91 Å². The molecule has 0 bridgehead atoms. The zero-order chi connectivity index (χ0) is 30.2. The number of ketones is 1. The lowest BCUT2D eigenvalue weighted by Gasteiger charge is -2.44. The highest BCUT2D eigenvalue weighted by molar-refractivity contribution is 6.01. The van der Waals surface area contributed by atoms with Crippen molar-refractivity contribution in [2.24, 2.45) is 0 Å². The summed E-state index contributed by atoms with van der Waals surface area (Å²) >= 11 is 0. The molecule has 0 saturated carbocycles. The Kier molecular flexibility index (Phi) is 7.48. The molecule has 2 aromatic heterocycles. The molecule has 12 heteroatoms. The Morgan fingerprint density at radius 3 is 2.38 bits per heavy atom. The number of fused-ring (bicyclic) bond motifs is 2. The largest absolute Gasteiger partial charge is 0.490 e. The van der Waals surface area contributed by atoms with Gasteiger partial charge in [-0.1, -0.05) is 6.07 Å². The average Bonchev–Trinajstić information content (AvgIpc) is 3.38. The fourth-order valence-electron chi connectivity index (χ4n) is 5.09. The smallest absolute Gasteiger partial charge is 0.486 e. The van der Waals surface area contributed by atoms with Crippen LogP contribution in [-0.2, 0) is 4.79 Å².